The van der Waals surface area contributed by atoms with Crippen LogP contribution in [0.3, 0.4) is 0 Å². The van der Waals surface area contributed by atoms with Crippen molar-refractivity contribution < 1.29 is 48.6 Å². The molecule has 48 heavy (non-hydrogen) atoms. The summed E-state index contributed by atoms with van der Waals surface area (Å²) < 4.78 is 0. The second-order valence-electron chi connectivity index (χ2n) is 11.4. The highest BCUT2D eigenvalue weighted by atomic mass is 16.4. The van der Waals surface area contributed by atoms with Gasteiger partial charge in [-0.25, -0.2) is 0 Å². The molecule has 1 unspecified atom stereocenters. The van der Waals surface area contributed by atoms with Gasteiger partial charge in [0.15, 0.2) is 5.78 Å². The Kier molecular flexibility index (Phi) is 17.4. The second-order valence-corrected chi connectivity index (χ2v) is 11.4. The molecule has 18 nitrogen and oxygen atoms in total. The molecule has 266 valence electrons. The van der Waals surface area contributed by atoms with Crippen molar-refractivity contribution >= 4 is 47.2 Å². The van der Waals surface area contributed by atoms with Crippen LogP contribution in [-0.2, 0) is 44.8 Å². The maximum absolute atomic E-state index is 13.6. The summed E-state index contributed by atoms with van der Waals surface area (Å²) in [4.78, 5) is 100. The molecule has 1 aromatic carbocycles. The van der Waals surface area contributed by atoms with Gasteiger partial charge in [-0.1, -0.05) is 44.2 Å². The molecule has 1 rings (SSSR count). The number of carboxylic acids is 1. The van der Waals surface area contributed by atoms with Gasteiger partial charge in [-0.15, -0.1) is 0 Å². The Morgan fingerprint density at radius 1 is 0.812 bits per heavy atom. The van der Waals surface area contributed by atoms with Gasteiger partial charge in [-0.05, 0) is 31.2 Å². The van der Waals surface area contributed by atoms with E-state index >= 15 is 0 Å². The molecule has 0 bridgehead atoms. The Bertz CT molecular complexity index is 1310. The number of aliphatic carboxylic acids is 1. The highest BCUT2D eigenvalue weighted by Gasteiger charge is 2.41. The third-order valence-electron chi connectivity index (χ3n) is 7.03. The molecule has 0 spiro atoms. The van der Waals surface area contributed by atoms with Crippen molar-refractivity contribution in [2.75, 3.05) is 19.7 Å². The monoisotopic (exact) mass is 678 g/mol. The molecule has 0 radical (unpaired) electrons. The number of hydrogen-bond acceptors (Lipinski definition) is 11. The van der Waals surface area contributed by atoms with Crippen LogP contribution in [-0.4, -0.2) is 107 Å². The molecule has 0 aliphatic carbocycles. The highest BCUT2D eigenvalue weighted by molar-refractivity contribution is 6.09. The van der Waals surface area contributed by atoms with Crippen molar-refractivity contribution in [1.82, 2.24) is 26.6 Å². The SMILES string of the molecule is CC(C)[C@H](NC(=O)[C@H](C)NC(=O)[C@@H](N)C(C(N)=O)C(=O)[C@H](Cc1ccccc1)NC(=O)[C@@H](N)CC(=O)O)C(=O)NCC(=O)NCCCO. The van der Waals surface area contributed by atoms with Crippen LogP contribution in [0.15, 0.2) is 30.3 Å². The van der Waals surface area contributed by atoms with Gasteiger partial charge < -0.3 is 54.0 Å². The summed E-state index contributed by atoms with van der Waals surface area (Å²) in [7, 11) is 0. The topological polar surface area (TPSA) is 315 Å². The lowest BCUT2D eigenvalue weighted by Crippen LogP contribution is -2.61. The highest BCUT2D eigenvalue weighted by Crippen LogP contribution is 2.13. The van der Waals surface area contributed by atoms with Crippen molar-refractivity contribution in [1.29, 1.82) is 0 Å². The molecule has 0 aromatic heterocycles. The summed E-state index contributed by atoms with van der Waals surface area (Å²) >= 11 is 0. The number of carboxylic acid groups (broad SMARTS) is 1. The number of carbonyl (C=O) groups is 8. The number of hydrogen-bond donors (Lipinski definition) is 10. The quantitative estimate of drug-likeness (QED) is 0.0437. The molecule has 6 amide bonds. The normalized spacial score (nSPS) is 14.6. The van der Waals surface area contributed by atoms with E-state index in [1.165, 1.54) is 6.92 Å². The fourth-order valence-corrected chi connectivity index (χ4v) is 4.33. The minimum atomic E-state index is -2.00. The fraction of sp³-hybridized carbons (Fsp3) is 0.533. The van der Waals surface area contributed by atoms with E-state index in [-0.39, 0.29) is 26.1 Å². The van der Waals surface area contributed by atoms with Gasteiger partial charge in [-0.2, -0.15) is 0 Å². The van der Waals surface area contributed by atoms with Crippen LogP contribution >= 0.6 is 0 Å². The van der Waals surface area contributed by atoms with Crippen molar-refractivity contribution in [3.63, 3.8) is 0 Å². The summed E-state index contributed by atoms with van der Waals surface area (Å²) in [6.07, 6.45) is -0.607. The van der Waals surface area contributed by atoms with Crippen molar-refractivity contribution in [3.8, 4) is 0 Å². The smallest absolute Gasteiger partial charge is 0.305 e. The molecule has 0 saturated heterocycles. The van der Waals surface area contributed by atoms with Gasteiger partial charge >= 0.3 is 5.97 Å². The van der Waals surface area contributed by atoms with E-state index in [4.69, 9.17) is 27.4 Å². The van der Waals surface area contributed by atoms with Gasteiger partial charge in [0.25, 0.3) is 0 Å². The number of amides is 6. The zero-order valence-electron chi connectivity index (χ0n) is 27.1. The van der Waals surface area contributed by atoms with Gasteiger partial charge in [0, 0.05) is 13.2 Å². The number of nitrogens with one attached hydrogen (secondary N) is 5. The number of ketones is 1. The van der Waals surface area contributed by atoms with E-state index in [9.17, 15) is 38.4 Å². The maximum Gasteiger partial charge on any atom is 0.305 e. The molecular formula is C30H46N8O10. The molecule has 1 aromatic rings. The van der Waals surface area contributed by atoms with E-state index in [2.05, 4.69) is 26.6 Å². The predicted molar refractivity (Wildman–Crippen MR) is 170 cm³/mol. The second kappa shape index (κ2) is 20.3. The Morgan fingerprint density at radius 2 is 1.44 bits per heavy atom. The van der Waals surface area contributed by atoms with Gasteiger partial charge in [0.1, 0.15) is 24.0 Å². The summed E-state index contributed by atoms with van der Waals surface area (Å²) in [5, 5.41) is 29.7. The van der Waals surface area contributed by atoms with Crippen molar-refractivity contribution in [2.45, 2.75) is 70.2 Å². The zero-order valence-corrected chi connectivity index (χ0v) is 27.1. The van der Waals surface area contributed by atoms with E-state index in [0.29, 0.717) is 12.0 Å². The van der Waals surface area contributed by atoms with Gasteiger partial charge in [0.2, 0.25) is 35.4 Å². The van der Waals surface area contributed by atoms with Crippen LogP contribution < -0.4 is 43.8 Å². The number of aliphatic hydroxyl groups is 1. The molecular weight excluding hydrogens is 632 g/mol. The first-order valence-corrected chi connectivity index (χ1v) is 15.2. The molecule has 0 saturated carbocycles. The molecule has 18 heteroatoms. The standard InChI is InChI=1S/C30H46N8O10/c1-15(2)24(30(48)35-14-20(40)34-10-7-11-39)38-27(45)16(3)36-29(47)23(32)22(26(33)44)25(43)19(12-17-8-5-4-6-9-17)37-28(46)18(31)13-21(41)42/h4-6,8-9,15-16,18-19,22-24,39H,7,10-14,31-32H2,1-3H3,(H2,33,44)(H,34,40)(H,35,48)(H,36,47)(H,37,46)(H,38,45)(H,41,42)/t16-,18-,19-,22?,23-,24-/m0/s1. The fourth-order valence-electron chi connectivity index (χ4n) is 4.33. The Hall–Kier alpha value is -4.94. The Labute approximate surface area is 277 Å². The Balaban J connectivity index is 3.04. The molecule has 0 aliphatic rings. The van der Waals surface area contributed by atoms with Crippen LogP contribution in [0.25, 0.3) is 0 Å². The number of Topliss-reactive ketones (excluding diaryl/α,β-unsaturated/α-hetero) is 1. The van der Waals surface area contributed by atoms with Crippen LogP contribution in [0.2, 0.25) is 0 Å². The summed E-state index contributed by atoms with van der Waals surface area (Å²) in [5.41, 5.74) is 17.7. The number of benzene rings is 1. The lowest BCUT2D eigenvalue weighted by molar-refractivity contribution is -0.141. The number of rotatable bonds is 21. The average Bonchev–Trinajstić information content (AvgIpc) is 3.01. The molecule has 0 heterocycles. The molecule has 6 atom stereocenters. The first-order chi connectivity index (χ1) is 22.5. The van der Waals surface area contributed by atoms with Crippen molar-refractivity contribution in [2.24, 2.45) is 29.0 Å². The van der Waals surface area contributed by atoms with Crippen LogP contribution in [0.1, 0.15) is 39.2 Å². The molecule has 13 N–H and O–H groups in total. The molecule has 0 fully saturated rings. The summed E-state index contributed by atoms with van der Waals surface area (Å²) in [6.45, 7) is 4.23. The predicted octanol–water partition coefficient (Wildman–Crippen LogP) is -4.23. The van der Waals surface area contributed by atoms with Gasteiger partial charge in [-0.3, -0.25) is 38.4 Å². The lowest BCUT2D eigenvalue weighted by atomic mass is 9.87. The van der Waals surface area contributed by atoms with E-state index in [0.717, 1.165) is 0 Å². The first-order valence-electron chi connectivity index (χ1n) is 15.2. The Morgan fingerprint density at radius 3 is 1.98 bits per heavy atom. The minimum Gasteiger partial charge on any atom is -0.481 e. The van der Waals surface area contributed by atoms with Crippen molar-refractivity contribution in [3.05, 3.63) is 35.9 Å². The largest absolute Gasteiger partial charge is 0.481 e. The van der Waals surface area contributed by atoms with Gasteiger partial charge in [0.05, 0.1) is 25.0 Å². The molecule has 0 aliphatic heterocycles. The average molecular weight is 679 g/mol. The number of primary amides is 1. The van der Waals surface area contributed by atoms with E-state index in [1.807, 2.05) is 0 Å². The lowest BCUT2D eigenvalue weighted by Gasteiger charge is -2.27. The minimum absolute atomic E-state index is 0.119. The third kappa shape index (κ3) is 13.8. The van der Waals surface area contributed by atoms with Crippen LogP contribution in [0.5, 0.6) is 0 Å². The first kappa shape index (κ1) is 41.1. The number of aliphatic hydroxyl groups excluding tert-OH is 1. The number of carbonyl (C=O) groups excluding carboxylic acids is 7. The van der Waals surface area contributed by atoms with Crippen LogP contribution in [0.4, 0.5) is 0 Å². The third-order valence-corrected chi connectivity index (χ3v) is 7.03. The summed E-state index contributed by atoms with van der Waals surface area (Å²) in [6, 6.07) is 0.811. The maximum atomic E-state index is 13.6. The zero-order chi connectivity index (χ0) is 36.6. The van der Waals surface area contributed by atoms with E-state index < -0.39 is 95.7 Å². The number of nitrogens with two attached hydrogens (primary N) is 3. The summed E-state index contributed by atoms with van der Waals surface area (Å²) in [5.74, 6) is -10.3. The van der Waals surface area contributed by atoms with E-state index in [1.54, 1.807) is 44.2 Å². The van der Waals surface area contributed by atoms with Crippen LogP contribution in [0, 0.1) is 11.8 Å².